The van der Waals surface area contributed by atoms with Crippen LogP contribution in [-0.2, 0) is 29.6 Å². The third kappa shape index (κ3) is 4.31. The van der Waals surface area contributed by atoms with E-state index in [0.717, 1.165) is 5.56 Å². The topological polar surface area (TPSA) is 144 Å². The van der Waals surface area contributed by atoms with Gasteiger partial charge in [0.05, 0.1) is 9.79 Å². The number of anilines is 1. The molecule has 29 heavy (non-hydrogen) atoms. The second kappa shape index (κ2) is 7.58. The van der Waals surface area contributed by atoms with Crippen molar-refractivity contribution >= 4 is 37.5 Å². The Hall–Kier alpha value is -2.76. The lowest BCUT2D eigenvalue weighted by Crippen LogP contribution is -2.45. The molecule has 3 N–H and O–H groups in total. The quantitative estimate of drug-likeness (QED) is 0.713. The summed E-state index contributed by atoms with van der Waals surface area (Å²) in [5.74, 6) is -1.34. The number of carbonyl (C=O) groups is 2. The number of benzene rings is 2. The minimum Gasteiger partial charge on any atom is -0.324 e. The van der Waals surface area contributed by atoms with Crippen LogP contribution < -0.4 is 10.5 Å². The minimum absolute atomic E-state index is 0.0466. The van der Waals surface area contributed by atoms with E-state index in [4.69, 9.17) is 5.14 Å². The number of amides is 2. The second-order valence-corrected chi connectivity index (χ2v) is 10.00. The van der Waals surface area contributed by atoms with Crippen molar-refractivity contribution in [2.75, 3.05) is 5.32 Å². The number of aryl methyl sites for hydroxylation is 1. The Kier molecular flexibility index (Phi) is 5.48. The molecule has 1 saturated heterocycles. The maximum Gasteiger partial charge on any atom is 0.267 e. The van der Waals surface area contributed by atoms with Crippen LogP contribution in [0.3, 0.4) is 0 Å². The summed E-state index contributed by atoms with van der Waals surface area (Å²) >= 11 is 0. The second-order valence-electron chi connectivity index (χ2n) is 6.62. The highest BCUT2D eigenvalue weighted by atomic mass is 32.2. The monoisotopic (exact) mass is 437 g/mol. The molecule has 0 saturated carbocycles. The molecule has 0 unspecified atom stereocenters. The van der Waals surface area contributed by atoms with E-state index in [1.54, 1.807) is 19.1 Å². The number of hydrogen-bond donors (Lipinski definition) is 2. The zero-order valence-corrected chi connectivity index (χ0v) is 17.0. The Morgan fingerprint density at radius 2 is 1.55 bits per heavy atom. The van der Waals surface area contributed by atoms with Gasteiger partial charge in [-0.25, -0.2) is 26.3 Å². The largest absolute Gasteiger partial charge is 0.324 e. The third-order valence-electron chi connectivity index (χ3n) is 4.49. The fourth-order valence-electron chi connectivity index (χ4n) is 2.98. The van der Waals surface area contributed by atoms with Gasteiger partial charge < -0.3 is 5.32 Å². The van der Waals surface area contributed by atoms with Crippen molar-refractivity contribution in [3.05, 3.63) is 54.1 Å². The molecule has 1 atom stereocenters. The molecule has 9 nitrogen and oxygen atoms in total. The van der Waals surface area contributed by atoms with Crippen molar-refractivity contribution in [1.29, 1.82) is 0 Å². The highest BCUT2D eigenvalue weighted by Gasteiger charge is 2.44. The molecule has 11 heteroatoms. The number of rotatable bonds is 5. The first kappa shape index (κ1) is 21.0. The summed E-state index contributed by atoms with van der Waals surface area (Å²) in [7, 11) is -8.07. The first-order valence-electron chi connectivity index (χ1n) is 8.58. The summed E-state index contributed by atoms with van der Waals surface area (Å²) < 4.78 is 49.1. The number of nitrogens with one attached hydrogen (secondary N) is 1. The summed E-state index contributed by atoms with van der Waals surface area (Å²) in [5.41, 5.74) is 1.10. The maximum absolute atomic E-state index is 12.9. The van der Waals surface area contributed by atoms with Gasteiger partial charge in [-0.05, 0) is 49.7 Å². The summed E-state index contributed by atoms with van der Waals surface area (Å²) in [6.45, 7) is 1.80. The summed E-state index contributed by atoms with van der Waals surface area (Å²) in [4.78, 5) is 24.7. The smallest absolute Gasteiger partial charge is 0.267 e. The molecule has 0 spiro atoms. The average molecular weight is 437 g/mol. The molecule has 1 aliphatic rings. The lowest BCUT2D eigenvalue weighted by atomic mass is 10.2. The SMILES string of the molecule is Cc1ccc(S(=O)(=O)N2C(=O)CC[C@@H]2C(=O)Nc2ccc(S(N)(=O)=O)cc2)cc1. The molecule has 2 aromatic carbocycles. The van der Waals surface area contributed by atoms with Gasteiger partial charge in [-0.2, -0.15) is 0 Å². The van der Waals surface area contributed by atoms with Gasteiger partial charge in [0.1, 0.15) is 6.04 Å². The molecule has 154 valence electrons. The van der Waals surface area contributed by atoms with Gasteiger partial charge in [0.2, 0.25) is 21.8 Å². The van der Waals surface area contributed by atoms with E-state index in [-0.39, 0.29) is 28.3 Å². The van der Waals surface area contributed by atoms with Gasteiger partial charge in [-0.3, -0.25) is 9.59 Å². The Labute approximate surface area is 168 Å². The van der Waals surface area contributed by atoms with E-state index in [2.05, 4.69) is 5.32 Å². The first-order chi connectivity index (χ1) is 13.5. The van der Waals surface area contributed by atoms with E-state index >= 15 is 0 Å². The van der Waals surface area contributed by atoms with Crippen LogP contribution in [0, 0.1) is 6.92 Å². The summed E-state index contributed by atoms with van der Waals surface area (Å²) in [6, 6.07) is 9.86. The Bertz CT molecular complexity index is 1160. The first-order valence-corrected chi connectivity index (χ1v) is 11.6. The van der Waals surface area contributed by atoms with E-state index < -0.39 is 37.9 Å². The predicted molar refractivity (Wildman–Crippen MR) is 105 cm³/mol. The lowest BCUT2D eigenvalue weighted by Gasteiger charge is -2.23. The van der Waals surface area contributed by atoms with E-state index in [1.807, 2.05) is 0 Å². The van der Waals surface area contributed by atoms with Crippen molar-refractivity contribution < 1.29 is 26.4 Å². The molecule has 0 aliphatic carbocycles. The highest BCUT2D eigenvalue weighted by molar-refractivity contribution is 7.89. The number of primary sulfonamides is 1. The number of hydrogen-bond acceptors (Lipinski definition) is 6. The predicted octanol–water partition coefficient (Wildman–Crippen LogP) is 0.961. The van der Waals surface area contributed by atoms with E-state index in [9.17, 15) is 26.4 Å². The minimum atomic E-state index is -4.19. The van der Waals surface area contributed by atoms with Crippen LogP contribution in [0.15, 0.2) is 58.3 Å². The van der Waals surface area contributed by atoms with Gasteiger partial charge in [0.15, 0.2) is 0 Å². The van der Waals surface area contributed by atoms with Crippen LogP contribution >= 0.6 is 0 Å². The van der Waals surface area contributed by atoms with Crippen LogP contribution in [0.1, 0.15) is 18.4 Å². The van der Waals surface area contributed by atoms with Crippen LogP contribution in [0.4, 0.5) is 5.69 Å². The van der Waals surface area contributed by atoms with Gasteiger partial charge in [0, 0.05) is 12.1 Å². The molecule has 1 heterocycles. The van der Waals surface area contributed by atoms with Crippen molar-refractivity contribution in [2.24, 2.45) is 5.14 Å². The van der Waals surface area contributed by atoms with Crippen molar-refractivity contribution in [3.8, 4) is 0 Å². The maximum atomic E-state index is 12.9. The summed E-state index contributed by atoms with van der Waals surface area (Å²) in [5, 5.41) is 7.54. The van der Waals surface area contributed by atoms with Crippen LogP contribution in [-0.4, -0.2) is 39.0 Å². The average Bonchev–Trinajstić information content (AvgIpc) is 3.04. The van der Waals surface area contributed by atoms with Gasteiger partial charge in [0.25, 0.3) is 10.0 Å². The zero-order valence-electron chi connectivity index (χ0n) is 15.4. The van der Waals surface area contributed by atoms with Gasteiger partial charge in [-0.1, -0.05) is 17.7 Å². The summed E-state index contributed by atoms with van der Waals surface area (Å²) in [6.07, 6.45) is -0.0292. The molecule has 0 aromatic heterocycles. The molecule has 1 fully saturated rings. The molecule has 2 aromatic rings. The molecule has 0 bridgehead atoms. The van der Waals surface area contributed by atoms with Crippen molar-refractivity contribution in [1.82, 2.24) is 4.31 Å². The molecule has 2 amide bonds. The van der Waals surface area contributed by atoms with Gasteiger partial charge in [-0.15, -0.1) is 0 Å². The molecule has 0 radical (unpaired) electrons. The normalized spacial score (nSPS) is 17.4. The van der Waals surface area contributed by atoms with Crippen molar-refractivity contribution in [3.63, 3.8) is 0 Å². The third-order valence-corrected chi connectivity index (χ3v) is 7.26. The highest BCUT2D eigenvalue weighted by Crippen LogP contribution is 2.28. The Balaban J connectivity index is 1.84. The van der Waals surface area contributed by atoms with E-state index in [0.29, 0.717) is 4.31 Å². The number of nitrogens with zero attached hydrogens (tertiary/aromatic N) is 1. The van der Waals surface area contributed by atoms with Gasteiger partial charge >= 0.3 is 0 Å². The van der Waals surface area contributed by atoms with Crippen LogP contribution in [0.25, 0.3) is 0 Å². The standard InChI is InChI=1S/C18H19N3O6S2/c1-12-2-6-15(7-3-12)29(26,27)21-16(10-11-17(21)22)18(23)20-13-4-8-14(9-5-13)28(19,24)25/h2-9,16H,10-11H2,1H3,(H,20,23)(H2,19,24,25)/t16-/m1/s1. The Morgan fingerprint density at radius 1 is 1.00 bits per heavy atom. The fraction of sp³-hybridized carbons (Fsp3) is 0.222. The van der Waals surface area contributed by atoms with E-state index in [1.165, 1.54) is 36.4 Å². The lowest BCUT2D eigenvalue weighted by molar-refractivity contribution is -0.128. The Morgan fingerprint density at radius 3 is 2.10 bits per heavy atom. The number of carbonyl (C=O) groups excluding carboxylic acids is 2. The molecule has 1 aliphatic heterocycles. The molecule has 3 rings (SSSR count). The molecular formula is C18H19N3O6S2. The fourth-order valence-corrected chi connectivity index (χ4v) is 5.10. The van der Waals surface area contributed by atoms with Crippen molar-refractivity contribution in [2.45, 2.75) is 35.6 Å². The van der Waals surface area contributed by atoms with Crippen LogP contribution in [0.2, 0.25) is 0 Å². The zero-order chi connectivity index (χ0) is 21.4. The van der Waals surface area contributed by atoms with Crippen LogP contribution in [0.5, 0.6) is 0 Å². The number of nitrogens with two attached hydrogens (primary N) is 1. The number of sulfonamides is 2. The molecular weight excluding hydrogens is 418 g/mol.